The fourth-order valence-electron chi connectivity index (χ4n) is 2.48. The Morgan fingerprint density at radius 3 is 2.45 bits per heavy atom. The van der Waals surface area contributed by atoms with Crippen LogP contribution in [0.3, 0.4) is 0 Å². The first kappa shape index (κ1) is 19.7. The number of carbonyl (C=O) groups excluding carboxylic acids is 1. The Morgan fingerprint density at radius 2 is 1.90 bits per heavy atom. The molecule has 5 nitrogen and oxygen atoms in total. The number of hydrogen-bond donors (Lipinski definition) is 2. The van der Waals surface area contributed by atoms with Gasteiger partial charge in [-0.25, -0.2) is 8.42 Å². The van der Waals surface area contributed by atoms with Crippen LogP contribution in [0.1, 0.15) is 44.9 Å². The molecule has 1 unspecified atom stereocenters. The van der Waals surface area contributed by atoms with Crippen molar-refractivity contribution < 1.29 is 13.2 Å². The van der Waals surface area contributed by atoms with Crippen LogP contribution in [0.4, 0.5) is 0 Å². The zero-order chi connectivity index (χ0) is 14.3. The normalized spacial score (nSPS) is 18.1. The molecule has 7 heteroatoms. The molecule has 1 rings (SSSR count). The molecule has 1 amide bonds. The van der Waals surface area contributed by atoms with Crippen molar-refractivity contribution in [1.29, 1.82) is 0 Å². The second kappa shape index (κ2) is 9.58. The maximum Gasteiger partial charge on any atom is 0.236 e. The minimum absolute atomic E-state index is 0. The number of hydrogen-bond acceptors (Lipinski definition) is 4. The minimum Gasteiger partial charge on any atom is -0.355 e. The average molecular weight is 327 g/mol. The van der Waals surface area contributed by atoms with Crippen molar-refractivity contribution in [2.24, 2.45) is 11.7 Å². The number of rotatable bonds is 7. The molecule has 0 aromatic rings. The first-order valence-corrected chi connectivity index (χ1v) is 9.15. The molecule has 0 aromatic carbocycles. The van der Waals surface area contributed by atoms with Gasteiger partial charge >= 0.3 is 0 Å². The highest BCUT2D eigenvalue weighted by molar-refractivity contribution is 7.90. The van der Waals surface area contributed by atoms with Crippen LogP contribution in [0, 0.1) is 5.92 Å². The van der Waals surface area contributed by atoms with E-state index in [0.29, 0.717) is 6.54 Å². The maximum absolute atomic E-state index is 11.7. The lowest BCUT2D eigenvalue weighted by Gasteiger charge is -2.21. The predicted octanol–water partition coefficient (Wildman–Crippen LogP) is 1.26. The van der Waals surface area contributed by atoms with Gasteiger partial charge in [0, 0.05) is 12.8 Å². The van der Waals surface area contributed by atoms with Gasteiger partial charge in [-0.2, -0.15) is 0 Å². The van der Waals surface area contributed by atoms with Crippen molar-refractivity contribution in [3.8, 4) is 0 Å². The summed E-state index contributed by atoms with van der Waals surface area (Å²) in [7, 11) is -3.05. The van der Waals surface area contributed by atoms with E-state index < -0.39 is 15.9 Å². The molecule has 20 heavy (non-hydrogen) atoms. The Hall–Kier alpha value is -0.330. The van der Waals surface area contributed by atoms with E-state index >= 15 is 0 Å². The van der Waals surface area contributed by atoms with Crippen LogP contribution in [-0.2, 0) is 14.6 Å². The summed E-state index contributed by atoms with van der Waals surface area (Å²) < 4.78 is 22.0. The van der Waals surface area contributed by atoms with Crippen LogP contribution < -0.4 is 11.1 Å². The lowest BCUT2D eigenvalue weighted by atomic mass is 9.87. The van der Waals surface area contributed by atoms with Gasteiger partial charge in [0.05, 0.1) is 11.8 Å². The van der Waals surface area contributed by atoms with Crippen LogP contribution >= 0.6 is 12.4 Å². The Balaban J connectivity index is 0.00000361. The number of amides is 1. The molecule has 1 aliphatic rings. The lowest BCUT2D eigenvalue weighted by Crippen LogP contribution is -2.42. The molecule has 1 atom stereocenters. The number of carbonyl (C=O) groups is 1. The van der Waals surface area contributed by atoms with Gasteiger partial charge in [0.1, 0.15) is 9.84 Å². The van der Waals surface area contributed by atoms with E-state index in [1.165, 1.54) is 32.1 Å². The maximum atomic E-state index is 11.7. The van der Waals surface area contributed by atoms with E-state index in [0.717, 1.165) is 18.6 Å². The molecule has 1 fully saturated rings. The standard InChI is InChI=1S/C13H26N2O3S.ClH/c1-19(17,18)10-8-12(14)13(16)15-9-7-11-5-3-2-4-6-11;/h11-12H,2-10,14H2,1H3,(H,15,16);1H. The summed E-state index contributed by atoms with van der Waals surface area (Å²) in [6.45, 7) is 0.649. The SMILES string of the molecule is CS(=O)(=O)CCC(N)C(=O)NCCC1CCCCC1.Cl. The van der Waals surface area contributed by atoms with Crippen LogP contribution in [-0.4, -0.2) is 38.9 Å². The van der Waals surface area contributed by atoms with Gasteiger partial charge in [-0.1, -0.05) is 32.1 Å². The molecular formula is C13H27ClN2O3S. The van der Waals surface area contributed by atoms with E-state index in [1.807, 2.05) is 0 Å². The van der Waals surface area contributed by atoms with Crippen molar-refractivity contribution in [2.45, 2.75) is 51.0 Å². The van der Waals surface area contributed by atoms with Gasteiger partial charge in [0.2, 0.25) is 5.91 Å². The summed E-state index contributed by atoms with van der Waals surface area (Å²) in [5.41, 5.74) is 5.67. The number of nitrogens with one attached hydrogen (secondary N) is 1. The molecule has 1 saturated carbocycles. The Labute approximate surface area is 128 Å². The van der Waals surface area contributed by atoms with Crippen LogP contribution in [0.15, 0.2) is 0 Å². The Morgan fingerprint density at radius 1 is 1.30 bits per heavy atom. The zero-order valence-electron chi connectivity index (χ0n) is 12.1. The van der Waals surface area contributed by atoms with Gasteiger partial charge in [-0.15, -0.1) is 12.4 Å². The monoisotopic (exact) mass is 326 g/mol. The average Bonchev–Trinajstić information content (AvgIpc) is 2.36. The van der Waals surface area contributed by atoms with E-state index in [9.17, 15) is 13.2 Å². The summed E-state index contributed by atoms with van der Waals surface area (Å²) in [5.74, 6) is 0.449. The second-order valence-electron chi connectivity index (χ2n) is 5.61. The molecule has 0 spiro atoms. The van der Waals surface area contributed by atoms with E-state index in [1.54, 1.807) is 0 Å². The van der Waals surface area contributed by atoms with Crippen LogP contribution in [0.5, 0.6) is 0 Å². The quantitative estimate of drug-likeness (QED) is 0.737. The van der Waals surface area contributed by atoms with Crippen LogP contribution in [0.25, 0.3) is 0 Å². The Bertz CT molecular complexity index is 381. The van der Waals surface area contributed by atoms with Gasteiger partial charge < -0.3 is 11.1 Å². The molecule has 0 aliphatic heterocycles. The zero-order valence-corrected chi connectivity index (χ0v) is 13.8. The Kier molecular flexibility index (Phi) is 9.42. The topological polar surface area (TPSA) is 89.3 Å². The summed E-state index contributed by atoms with van der Waals surface area (Å²) in [6, 6.07) is -0.721. The predicted molar refractivity (Wildman–Crippen MR) is 83.8 cm³/mol. The van der Waals surface area contributed by atoms with Crippen molar-refractivity contribution in [3.05, 3.63) is 0 Å². The summed E-state index contributed by atoms with van der Waals surface area (Å²) in [4.78, 5) is 11.7. The lowest BCUT2D eigenvalue weighted by molar-refractivity contribution is -0.122. The number of sulfone groups is 1. The summed E-state index contributed by atoms with van der Waals surface area (Å²) >= 11 is 0. The van der Waals surface area contributed by atoms with Gasteiger partial charge in [0.15, 0.2) is 0 Å². The third-order valence-electron chi connectivity index (χ3n) is 3.71. The smallest absolute Gasteiger partial charge is 0.236 e. The fraction of sp³-hybridized carbons (Fsp3) is 0.923. The highest BCUT2D eigenvalue weighted by atomic mass is 35.5. The molecule has 1 aliphatic carbocycles. The first-order chi connectivity index (χ1) is 8.88. The fourth-order valence-corrected chi connectivity index (χ4v) is 3.16. The van der Waals surface area contributed by atoms with Crippen molar-refractivity contribution in [1.82, 2.24) is 5.32 Å². The molecule has 0 heterocycles. The van der Waals surface area contributed by atoms with E-state index in [2.05, 4.69) is 5.32 Å². The minimum atomic E-state index is -3.05. The van der Waals surface area contributed by atoms with Gasteiger partial charge in [0.25, 0.3) is 0 Å². The van der Waals surface area contributed by atoms with E-state index in [-0.39, 0.29) is 30.5 Å². The summed E-state index contributed by atoms with van der Waals surface area (Å²) in [5, 5.41) is 2.81. The van der Waals surface area contributed by atoms with Crippen molar-refractivity contribution in [2.75, 3.05) is 18.6 Å². The third-order valence-corrected chi connectivity index (χ3v) is 4.69. The highest BCUT2D eigenvalue weighted by Gasteiger charge is 2.17. The molecule has 0 aromatic heterocycles. The summed E-state index contributed by atoms with van der Waals surface area (Å²) in [6.07, 6.45) is 8.80. The largest absolute Gasteiger partial charge is 0.355 e. The van der Waals surface area contributed by atoms with Crippen LogP contribution in [0.2, 0.25) is 0 Å². The van der Waals surface area contributed by atoms with Gasteiger partial charge in [-0.05, 0) is 18.8 Å². The highest BCUT2D eigenvalue weighted by Crippen LogP contribution is 2.25. The van der Waals surface area contributed by atoms with E-state index in [4.69, 9.17) is 5.73 Å². The van der Waals surface area contributed by atoms with Crippen molar-refractivity contribution >= 4 is 28.2 Å². The van der Waals surface area contributed by atoms with Gasteiger partial charge in [-0.3, -0.25) is 4.79 Å². The second-order valence-corrected chi connectivity index (χ2v) is 7.87. The molecule has 0 saturated heterocycles. The molecule has 0 bridgehead atoms. The number of halogens is 1. The molecular weight excluding hydrogens is 300 g/mol. The number of nitrogens with two attached hydrogens (primary N) is 1. The molecule has 0 radical (unpaired) electrons. The third kappa shape index (κ3) is 8.76. The van der Waals surface area contributed by atoms with Crippen molar-refractivity contribution in [3.63, 3.8) is 0 Å². The molecule has 120 valence electrons. The molecule has 3 N–H and O–H groups in total. The first-order valence-electron chi connectivity index (χ1n) is 7.09.